The Morgan fingerprint density at radius 1 is 0.981 bits per heavy atom. The summed E-state index contributed by atoms with van der Waals surface area (Å²) in [6.07, 6.45) is -0.786. The highest BCUT2D eigenvalue weighted by atomic mass is 35.5. The number of hydrogen-bond acceptors (Lipinski definition) is 8. The van der Waals surface area contributed by atoms with E-state index in [0.29, 0.717) is 23.1 Å². The summed E-state index contributed by atoms with van der Waals surface area (Å²) < 4.78 is 69.3. The van der Waals surface area contributed by atoms with Crippen LogP contribution in [0.3, 0.4) is 0 Å². The van der Waals surface area contributed by atoms with Crippen molar-refractivity contribution >= 4 is 55.3 Å². The molecule has 6 aromatic rings. The van der Waals surface area contributed by atoms with Crippen molar-refractivity contribution in [2.75, 3.05) is 24.8 Å². The van der Waals surface area contributed by atoms with Crippen LogP contribution < -0.4 is 24.7 Å². The minimum Gasteiger partial charge on any atom is -0.497 e. The highest BCUT2D eigenvalue weighted by Gasteiger charge is 2.30. The van der Waals surface area contributed by atoms with Crippen molar-refractivity contribution in [2.24, 2.45) is 7.05 Å². The second-order valence-electron chi connectivity index (χ2n) is 11.8. The molecule has 1 unspecified atom stereocenters. The SMILES string of the molecule is COc1ccc(CN(c2nn(C)c3c(-n4c(C(Cc5cc(F)cc(F)c5)NC(=O)O)nc5ccc(OC)cc5c4=O)ccc(Cl)c23)S(C)(=O)=O)cc1. The van der Waals surface area contributed by atoms with Crippen LogP contribution >= 0.6 is 11.6 Å². The number of rotatable bonds is 11. The first-order valence-corrected chi connectivity index (χ1v) is 17.7. The fourth-order valence-electron chi connectivity index (χ4n) is 6.03. The van der Waals surface area contributed by atoms with Gasteiger partial charge in [-0.05, 0) is 65.7 Å². The van der Waals surface area contributed by atoms with E-state index in [9.17, 15) is 31.9 Å². The first-order chi connectivity index (χ1) is 24.7. The van der Waals surface area contributed by atoms with Gasteiger partial charge in [-0.15, -0.1) is 0 Å². The van der Waals surface area contributed by atoms with E-state index in [4.69, 9.17) is 26.1 Å². The quantitative estimate of drug-likeness (QED) is 0.168. The van der Waals surface area contributed by atoms with Crippen molar-refractivity contribution in [1.82, 2.24) is 24.6 Å². The monoisotopic (exact) mass is 752 g/mol. The molecular weight excluding hydrogens is 722 g/mol. The number of carboxylic acid groups (broad SMARTS) is 1. The summed E-state index contributed by atoms with van der Waals surface area (Å²) >= 11 is 6.78. The van der Waals surface area contributed by atoms with Crippen LogP contribution in [-0.2, 0) is 30.0 Å². The molecule has 17 heteroatoms. The average Bonchev–Trinajstić information content (AvgIpc) is 3.43. The Morgan fingerprint density at radius 3 is 2.25 bits per heavy atom. The van der Waals surface area contributed by atoms with Crippen LogP contribution in [0.1, 0.15) is 23.0 Å². The number of sulfonamides is 1. The summed E-state index contributed by atoms with van der Waals surface area (Å²) in [6.45, 7) is -0.132. The van der Waals surface area contributed by atoms with E-state index >= 15 is 0 Å². The molecule has 2 heterocycles. The average molecular weight is 753 g/mol. The Bertz CT molecular complexity index is 2510. The molecule has 0 aliphatic rings. The molecule has 1 amide bonds. The fourth-order valence-corrected chi connectivity index (χ4v) is 7.10. The summed E-state index contributed by atoms with van der Waals surface area (Å²) in [4.78, 5) is 31.5. The van der Waals surface area contributed by atoms with E-state index in [-0.39, 0.29) is 62.7 Å². The Morgan fingerprint density at radius 2 is 1.63 bits per heavy atom. The first kappa shape index (κ1) is 36.1. The van der Waals surface area contributed by atoms with Gasteiger partial charge < -0.3 is 19.9 Å². The number of benzene rings is 4. The number of halogens is 3. The van der Waals surface area contributed by atoms with Crippen molar-refractivity contribution in [2.45, 2.75) is 19.0 Å². The maximum atomic E-state index is 14.6. The Balaban J connectivity index is 1.64. The third-order valence-corrected chi connectivity index (χ3v) is 9.75. The summed E-state index contributed by atoms with van der Waals surface area (Å²) in [7, 11) is 0.476. The molecule has 0 spiro atoms. The van der Waals surface area contributed by atoms with Gasteiger partial charge in [0, 0.05) is 19.5 Å². The molecular formula is C35H31ClF2N6O7S. The summed E-state index contributed by atoms with van der Waals surface area (Å²) in [5.74, 6) is -1.03. The maximum Gasteiger partial charge on any atom is 0.405 e. The largest absolute Gasteiger partial charge is 0.497 e. The second kappa shape index (κ2) is 14.1. The van der Waals surface area contributed by atoms with Crippen LogP contribution in [0.4, 0.5) is 19.4 Å². The van der Waals surface area contributed by atoms with Gasteiger partial charge in [0.25, 0.3) is 5.56 Å². The third-order valence-electron chi connectivity index (χ3n) is 8.33. The minimum atomic E-state index is -3.99. The number of aromatic nitrogens is 4. The van der Waals surface area contributed by atoms with Gasteiger partial charge in [-0.1, -0.05) is 23.7 Å². The molecule has 2 N–H and O–H groups in total. The van der Waals surface area contributed by atoms with Crippen LogP contribution in [0.15, 0.2) is 77.6 Å². The molecule has 13 nitrogen and oxygen atoms in total. The van der Waals surface area contributed by atoms with Gasteiger partial charge in [-0.25, -0.2) is 31.3 Å². The van der Waals surface area contributed by atoms with Crippen molar-refractivity contribution in [3.05, 3.63) is 117 Å². The van der Waals surface area contributed by atoms with Gasteiger partial charge in [-0.2, -0.15) is 5.10 Å². The standard InChI is InChI=1S/C35H31ClF2N6O7S/c1-42-31-29(12-10-26(36)30(31)33(41-42)43(52(4,48)49)18-19-5-7-23(50-2)8-6-19)44-32(39-27-11-9-24(51-3)17-25(27)34(44)45)28(40-35(46)47)15-20-13-21(37)16-22(38)14-20/h5-14,16-17,28,40H,15,18H2,1-4H3,(H,46,47). The summed E-state index contributed by atoms with van der Waals surface area (Å²) in [6, 6.07) is 15.7. The van der Waals surface area contributed by atoms with E-state index in [0.717, 1.165) is 27.3 Å². The fraction of sp³-hybridized carbons (Fsp3) is 0.200. The molecule has 270 valence electrons. The molecule has 2 aromatic heterocycles. The lowest BCUT2D eigenvalue weighted by molar-refractivity contribution is 0.189. The maximum absolute atomic E-state index is 14.6. The van der Waals surface area contributed by atoms with Crippen LogP contribution in [0.5, 0.6) is 11.5 Å². The molecule has 0 saturated heterocycles. The number of nitrogens with zero attached hydrogens (tertiary/aromatic N) is 5. The van der Waals surface area contributed by atoms with Gasteiger partial charge in [0.15, 0.2) is 5.82 Å². The minimum absolute atomic E-state index is 0.0388. The predicted octanol–water partition coefficient (Wildman–Crippen LogP) is 5.74. The first-order valence-electron chi connectivity index (χ1n) is 15.5. The van der Waals surface area contributed by atoms with Gasteiger partial charge in [0.2, 0.25) is 10.0 Å². The molecule has 4 aromatic carbocycles. The number of fused-ring (bicyclic) bond motifs is 2. The van der Waals surface area contributed by atoms with E-state index in [1.54, 1.807) is 30.3 Å². The van der Waals surface area contributed by atoms with Crippen LogP contribution in [0, 0.1) is 11.6 Å². The van der Waals surface area contributed by atoms with Crippen LogP contribution in [0.25, 0.3) is 27.5 Å². The molecule has 0 bridgehead atoms. The second-order valence-corrected chi connectivity index (χ2v) is 14.1. The van der Waals surface area contributed by atoms with E-state index in [2.05, 4.69) is 10.4 Å². The summed E-state index contributed by atoms with van der Waals surface area (Å²) in [5, 5.41) is 17.2. The number of methoxy groups -OCH3 is 2. The van der Waals surface area contributed by atoms with Crippen LogP contribution in [-0.4, -0.2) is 59.4 Å². The van der Waals surface area contributed by atoms with Crippen molar-refractivity contribution in [1.29, 1.82) is 0 Å². The zero-order valence-corrected chi connectivity index (χ0v) is 29.7. The van der Waals surface area contributed by atoms with Crippen molar-refractivity contribution in [3.63, 3.8) is 0 Å². The van der Waals surface area contributed by atoms with Gasteiger partial charge in [-0.3, -0.25) is 14.0 Å². The summed E-state index contributed by atoms with van der Waals surface area (Å²) in [5.41, 5.74) is 0.519. The Hall–Kier alpha value is -5.74. The zero-order chi connectivity index (χ0) is 37.5. The Labute approximate surface area is 300 Å². The number of aryl methyl sites for hydroxylation is 1. The zero-order valence-electron chi connectivity index (χ0n) is 28.1. The van der Waals surface area contributed by atoms with Crippen molar-refractivity contribution < 1.29 is 36.6 Å². The van der Waals surface area contributed by atoms with Crippen LogP contribution in [0.2, 0.25) is 5.02 Å². The van der Waals surface area contributed by atoms with Gasteiger partial charge in [0.05, 0.1) is 65.6 Å². The van der Waals surface area contributed by atoms with E-state index in [1.165, 1.54) is 50.2 Å². The molecule has 6 rings (SSSR count). The number of ether oxygens (including phenoxy) is 2. The predicted molar refractivity (Wildman–Crippen MR) is 191 cm³/mol. The molecule has 1 atom stereocenters. The molecule has 0 radical (unpaired) electrons. The molecule has 0 fully saturated rings. The molecule has 0 aliphatic carbocycles. The molecule has 52 heavy (non-hydrogen) atoms. The lowest BCUT2D eigenvalue weighted by atomic mass is 10.0. The smallest absolute Gasteiger partial charge is 0.405 e. The number of carbonyl (C=O) groups is 1. The molecule has 0 aliphatic heterocycles. The lowest BCUT2D eigenvalue weighted by Gasteiger charge is -2.23. The number of hydrogen-bond donors (Lipinski definition) is 2. The highest BCUT2D eigenvalue weighted by molar-refractivity contribution is 7.92. The third kappa shape index (κ3) is 7.07. The Kier molecular flexibility index (Phi) is 9.79. The number of amides is 1. The normalized spacial score (nSPS) is 12.2. The van der Waals surface area contributed by atoms with Gasteiger partial charge >= 0.3 is 6.09 Å². The van der Waals surface area contributed by atoms with Gasteiger partial charge in [0.1, 0.15) is 29.0 Å². The lowest BCUT2D eigenvalue weighted by Crippen LogP contribution is -2.35. The van der Waals surface area contributed by atoms with E-state index in [1.807, 2.05) is 0 Å². The number of nitrogens with one attached hydrogen (secondary N) is 1. The highest BCUT2D eigenvalue weighted by Crippen LogP contribution is 2.38. The molecule has 0 saturated carbocycles. The number of anilines is 1. The van der Waals surface area contributed by atoms with Crippen molar-refractivity contribution in [3.8, 4) is 17.2 Å². The topological polar surface area (TPSA) is 158 Å². The van der Waals surface area contributed by atoms with E-state index < -0.39 is 39.4 Å².